The third kappa shape index (κ3) is 3.70. The lowest BCUT2D eigenvalue weighted by molar-refractivity contribution is -0.150. The number of aliphatic carboxylic acids is 1. The highest BCUT2D eigenvalue weighted by atomic mass is 16.4. The molecule has 2 unspecified atom stereocenters. The van der Waals surface area contributed by atoms with E-state index in [9.17, 15) is 9.59 Å². The highest BCUT2D eigenvalue weighted by molar-refractivity contribution is 5.86. The number of likely N-dealkylation sites (tertiary alicyclic amines) is 1. The van der Waals surface area contributed by atoms with E-state index in [0.29, 0.717) is 19.4 Å². The van der Waals surface area contributed by atoms with Crippen molar-refractivity contribution in [1.82, 2.24) is 4.90 Å². The van der Waals surface area contributed by atoms with Crippen LogP contribution in [0.5, 0.6) is 0 Å². The first-order valence-electron chi connectivity index (χ1n) is 6.36. The van der Waals surface area contributed by atoms with Crippen molar-refractivity contribution in [2.45, 2.75) is 57.5 Å². The Kier molecular flexibility index (Phi) is 5.41. The maximum atomic E-state index is 12.1. The predicted molar refractivity (Wildman–Crippen MR) is 64.5 cm³/mol. The number of nitrogens with two attached hydrogens (primary N) is 1. The molecule has 0 aromatic rings. The van der Waals surface area contributed by atoms with Gasteiger partial charge in [-0.2, -0.15) is 0 Å². The van der Waals surface area contributed by atoms with Gasteiger partial charge in [-0.1, -0.05) is 26.2 Å². The van der Waals surface area contributed by atoms with Crippen LogP contribution in [0.25, 0.3) is 0 Å². The largest absolute Gasteiger partial charge is 0.480 e. The van der Waals surface area contributed by atoms with Crippen molar-refractivity contribution in [3.8, 4) is 0 Å². The predicted octanol–water partition coefficient (Wildman–Crippen LogP) is 0.970. The number of carbonyl (C=O) groups is 2. The molecule has 1 saturated heterocycles. The molecule has 1 amide bonds. The zero-order valence-electron chi connectivity index (χ0n) is 10.4. The number of hydrogen-bond acceptors (Lipinski definition) is 3. The highest BCUT2D eigenvalue weighted by Crippen LogP contribution is 2.18. The van der Waals surface area contributed by atoms with Gasteiger partial charge in [0, 0.05) is 6.54 Å². The second kappa shape index (κ2) is 6.59. The van der Waals surface area contributed by atoms with Crippen molar-refractivity contribution in [3.05, 3.63) is 0 Å². The molecule has 2 atom stereocenters. The molecule has 0 bridgehead atoms. The van der Waals surface area contributed by atoms with Crippen LogP contribution in [0.1, 0.15) is 45.4 Å². The third-order valence-corrected chi connectivity index (χ3v) is 3.24. The van der Waals surface area contributed by atoms with Crippen molar-refractivity contribution in [2.24, 2.45) is 5.73 Å². The van der Waals surface area contributed by atoms with Crippen LogP contribution < -0.4 is 5.73 Å². The van der Waals surface area contributed by atoms with Crippen LogP contribution in [0.4, 0.5) is 0 Å². The van der Waals surface area contributed by atoms with E-state index < -0.39 is 18.1 Å². The Labute approximate surface area is 102 Å². The lowest BCUT2D eigenvalue weighted by Gasteiger charge is -2.29. The molecule has 0 saturated carbocycles. The fourth-order valence-corrected chi connectivity index (χ4v) is 2.28. The molecule has 1 aliphatic rings. The number of amides is 1. The molecular weight excluding hydrogens is 220 g/mol. The van der Waals surface area contributed by atoms with Gasteiger partial charge in [0.05, 0.1) is 6.04 Å². The van der Waals surface area contributed by atoms with Gasteiger partial charge in [-0.15, -0.1) is 0 Å². The summed E-state index contributed by atoms with van der Waals surface area (Å²) >= 11 is 0. The molecule has 1 rings (SSSR count). The average Bonchev–Trinajstić information content (AvgIpc) is 2.53. The first-order valence-corrected chi connectivity index (χ1v) is 6.36. The monoisotopic (exact) mass is 242 g/mol. The van der Waals surface area contributed by atoms with Gasteiger partial charge in [-0.05, 0) is 19.3 Å². The summed E-state index contributed by atoms with van der Waals surface area (Å²) in [5.41, 5.74) is 5.79. The first-order chi connectivity index (χ1) is 8.07. The lowest BCUT2D eigenvalue weighted by Crippen LogP contribution is -2.51. The molecule has 0 radical (unpaired) electrons. The standard InChI is InChI=1S/C12H22N2O3/c1-2-6-9(13)11(15)14-8-5-3-4-7-10(14)12(16)17/h9-10H,2-8,13H2,1H3,(H,16,17). The summed E-state index contributed by atoms with van der Waals surface area (Å²) in [4.78, 5) is 24.7. The fourth-order valence-electron chi connectivity index (χ4n) is 2.28. The Morgan fingerprint density at radius 1 is 1.41 bits per heavy atom. The van der Waals surface area contributed by atoms with E-state index in [0.717, 1.165) is 25.7 Å². The maximum Gasteiger partial charge on any atom is 0.326 e. The summed E-state index contributed by atoms with van der Waals surface area (Å²) in [6.45, 7) is 2.48. The van der Waals surface area contributed by atoms with Gasteiger partial charge in [0.2, 0.25) is 5.91 Å². The quantitative estimate of drug-likeness (QED) is 0.769. The molecule has 5 nitrogen and oxygen atoms in total. The van der Waals surface area contributed by atoms with Crippen molar-refractivity contribution in [3.63, 3.8) is 0 Å². The second-order valence-electron chi connectivity index (χ2n) is 4.63. The minimum Gasteiger partial charge on any atom is -0.480 e. The summed E-state index contributed by atoms with van der Waals surface area (Å²) < 4.78 is 0. The average molecular weight is 242 g/mol. The Bertz CT molecular complexity index is 281. The zero-order valence-corrected chi connectivity index (χ0v) is 10.4. The van der Waals surface area contributed by atoms with Crippen LogP contribution >= 0.6 is 0 Å². The molecule has 1 heterocycles. The smallest absolute Gasteiger partial charge is 0.326 e. The minimum atomic E-state index is -0.913. The van der Waals surface area contributed by atoms with Crippen LogP contribution in [0, 0.1) is 0 Å². The number of carboxylic acids is 1. The molecule has 1 fully saturated rings. The molecule has 0 aromatic heterocycles. The summed E-state index contributed by atoms with van der Waals surface area (Å²) in [7, 11) is 0. The minimum absolute atomic E-state index is 0.207. The molecule has 0 aromatic carbocycles. The van der Waals surface area contributed by atoms with Crippen LogP contribution in [0.2, 0.25) is 0 Å². The van der Waals surface area contributed by atoms with Gasteiger partial charge >= 0.3 is 5.97 Å². The topological polar surface area (TPSA) is 83.6 Å². The van der Waals surface area contributed by atoms with E-state index in [-0.39, 0.29) is 5.91 Å². The van der Waals surface area contributed by atoms with E-state index in [1.807, 2.05) is 6.92 Å². The van der Waals surface area contributed by atoms with Crippen LogP contribution in [0.15, 0.2) is 0 Å². The Hall–Kier alpha value is -1.10. The Morgan fingerprint density at radius 2 is 2.12 bits per heavy atom. The lowest BCUT2D eigenvalue weighted by atomic mass is 10.1. The molecule has 98 valence electrons. The third-order valence-electron chi connectivity index (χ3n) is 3.24. The summed E-state index contributed by atoms with van der Waals surface area (Å²) in [6.07, 6.45) is 4.70. The van der Waals surface area contributed by atoms with Crippen molar-refractivity contribution >= 4 is 11.9 Å². The molecular formula is C12H22N2O3. The highest BCUT2D eigenvalue weighted by Gasteiger charge is 2.32. The van der Waals surface area contributed by atoms with Crippen molar-refractivity contribution in [1.29, 1.82) is 0 Å². The summed E-state index contributed by atoms with van der Waals surface area (Å²) in [5.74, 6) is -1.12. The Morgan fingerprint density at radius 3 is 2.71 bits per heavy atom. The second-order valence-corrected chi connectivity index (χ2v) is 4.63. The Balaban J connectivity index is 2.74. The number of rotatable bonds is 4. The van der Waals surface area contributed by atoms with Gasteiger partial charge in [0.25, 0.3) is 0 Å². The van der Waals surface area contributed by atoms with Gasteiger partial charge < -0.3 is 15.7 Å². The number of carboxylic acid groups (broad SMARTS) is 1. The number of carbonyl (C=O) groups excluding carboxylic acids is 1. The molecule has 17 heavy (non-hydrogen) atoms. The van der Waals surface area contributed by atoms with E-state index in [4.69, 9.17) is 10.8 Å². The fraction of sp³-hybridized carbons (Fsp3) is 0.833. The molecule has 5 heteroatoms. The van der Waals surface area contributed by atoms with Gasteiger partial charge in [-0.25, -0.2) is 4.79 Å². The SMILES string of the molecule is CCCC(N)C(=O)N1CCCCCC1C(=O)O. The normalized spacial score (nSPS) is 22.9. The van der Waals surface area contributed by atoms with Gasteiger partial charge in [0.1, 0.15) is 6.04 Å². The summed E-state index contributed by atoms with van der Waals surface area (Å²) in [6, 6.07) is -1.24. The summed E-state index contributed by atoms with van der Waals surface area (Å²) in [5, 5.41) is 9.16. The first kappa shape index (κ1) is 14.0. The van der Waals surface area contributed by atoms with Crippen LogP contribution in [-0.4, -0.2) is 40.5 Å². The van der Waals surface area contributed by atoms with Crippen LogP contribution in [-0.2, 0) is 9.59 Å². The zero-order chi connectivity index (χ0) is 12.8. The van der Waals surface area contributed by atoms with E-state index in [1.54, 1.807) is 0 Å². The maximum absolute atomic E-state index is 12.1. The van der Waals surface area contributed by atoms with Crippen molar-refractivity contribution in [2.75, 3.05) is 6.54 Å². The van der Waals surface area contributed by atoms with Gasteiger partial charge in [0.15, 0.2) is 0 Å². The molecule has 3 N–H and O–H groups in total. The number of hydrogen-bond donors (Lipinski definition) is 2. The van der Waals surface area contributed by atoms with E-state index in [1.165, 1.54) is 4.90 Å². The van der Waals surface area contributed by atoms with Crippen LogP contribution in [0.3, 0.4) is 0 Å². The van der Waals surface area contributed by atoms with Crippen molar-refractivity contribution < 1.29 is 14.7 Å². The molecule has 0 spiro atoms. The van der Waals surface area contributed by atoms with Gasteiger partial charge in [-0.3, -0.25) is 4.79 Å². The number of nitrogens with zero attached hydrogens (tertiary/aromatic N) is 1. The van der Waals surface area contributed by atoms with E-state index in [2.05, 4.69) is 0 Å². The molecule has 0 aliphatic carbocycles. The van der Waals surface area contributed by atoms with E-state index >= 15 is 0 Å². The molecule has 1 aliphatic heterocycles.